The van der Waals surface area contributed by atoms with Crippen LogP contribution in [0.4, 0.5) is 0 Å². The van der Waals surface area contributed by atoms with Gasteiger partial charge in [0.05, 0.1) is 6.23 Å². The van der Waals surface area contributed by atoms with E-state index in [4.69, 9.17) is 14.3 Å². The van der Waals surface area contributed by atoms with Gasteiger partial charge >= 0.3 is 0 Å². The first-order valence-electron chi connectivity index (χ1n) is 2.86. The van der Waals surface area contributed by atoms with Gasteiger partial charge in [-0.25, -0.2) is 0 Å². The fourth-order valence-corrected chi connectivity index (χ4v) is 1.05. The van der Waals surface area contributed by atoms with Crippen LogP contribution in [0.2, 0.25) is 13.1 Å². The van der Waals surface area contributed by atoms with Crippen LogP contribution in [-0.2, 0) is 9.16 Å². The molecule has 0 spiro atoms. The third kappa shape index (κ3) is 4.59. The van der Waals surface area contributed by atoms with Crippen molar-refractivity contribution in [2.24, 2.45) is 0 Å². The standard InChI is InChI=1S/C5H14O3Si/c1-7-9(2,3)5-8-4-6/h6H,4-5H2,1-3H3. The van der Waals surface area contributed by atoms with Gasteiger partial charge in [0.2, 0.25) is 8.32 Å². The highest BCUT2D eigenvalue weighted by Gasteiger charge is 2.20. The molecule has 0 atom stereocenters. The van der Waals surface area contributed by atoms with Crippen molar-refractivity contribution in [1.29, 1.82) is 0 Å². The second-order valence-corrected chi connectivity index (χ2v) is 6.66. The molecule has 1 N–H and O–H groups in total. The Labute approximate surface area is 56.7 Å². The molecule has 0 aliphatic heterocycles. The van der Waals surface area contributed by atoms with Gasteiger partial charge in [-0.05, 0) is 13.1 Å². The van der Waals surface area contributed by atoms with Gasteiger partial charge in [-0.1, -0.05) is 0 Å². The molecule has 0 aromatic heterocycles. The Hall–Kier alpha value is 0.0969. The normalized spacial score (nSPS) is 12.0. The number of ether oxygens (including phenoxy) is 1. The molecule has 0 aromatic carbocycles. The second kappa shape index (κ2) is 4.00. The molecule has 56 valence electrons. The van der Waals surface area contributed by atoms with Gasteiger partial charge in [-0.15, -0.1) is 0 Å². The molecule has 0 unspecified atom stereocenters. The molecule has 9 heavy (non-hydrogen) atoms. The average molecular weight is 150 g/mol. The van der Waals surface area contributed by atoms with E-state index < -0.39 is 8.32 Å². The number of rotatable bonds is 4. The molecule has 0 aliphatic carbocycles. The Morgan fingerprint density at radius 3 is 2.33 bits per heavy atom. The smallest absolute Gasteiger partial charge is 0.211 e. The zero-order chi connectivity index (χ0) is 7.33. The summed E-state index contributed by atoms with van der Waals surface area (Å²) in [5, 5.41) is 8.27. The second-order valence-electron chi connectivity index (χ2n) is 2.44. The molecule has 0 bridgehead atoms. The van der Waals surface area contributed by atoms with Crippen LogP contribution < -0.4 is 0 Å². The predicted octanol–water partition coefficient (Wildman–Crippen LogP) is 0.343. The van der Waals surface area contributed by atoms with Crippen LogP contribution in [0.25, 0.3) is 0 Å². The summed E-state index contributed by atoms with van der Waals surface area (Å²) in [5.41, 5.74) is 0. The fourth-order valence-electron chi connectivity index (χ4n) is 0.350. The van der Waals surface area contributed by atoms with Gasteiger partial charge in [-0.3, -0.25) is 0 Å². The number of hydrogen-bond acceptors (Lipinski definition) is 3. The summed E-state index contributed by atoms with van der Waals surface area (Å²) in [5.74, 6) is 0. The van der Waals surface area contributed by atoms with E-state index in [9.17, 15) is 0 Å². The van der Waals surface area contributed by atoms with E-state index >= 15 is 0 Å². The molecule has 3 nitrogen and oxygen atoms in total. The van der Waals surface area contributed by atoms with Gasteiger partial charge in [0.1, 0.15) is 6.79 Å². The number of hydrogen-bond donors (Lipinski definition) is 1. The van der Waals surface area contributed by atoms with Crippen molar-refractivity contribution in [3.8, 4) is 0 Å². The first kappa shape index (κ1) is 9.10. The third-order valence-electron chi connectivity index (χ3n) is 1.09. The molecule has 0 heterocycles. The number of aliphatic hydroxyl groups excluding tert-OH is 1. The quantitative estimate of drug-likeness (QED) is 0.464. The van der Waals surface area contributed by atoms with Crippen molar-refractivity contribution in [3.05, 3.63) is 0 Å². The fraction of sp³-hybridized carbons (Fsp3) is 1.00. The first-order chi connectivity index (χ1) is 4.12. The lowest BCUT2D eigenvalue weighted by Gasteiger charge is -2.18. The maximum atomic E-state index is 8.27. The Morgan fingerprint density at radius 2 is 2.00 bits per heavy atom. The van der Waals surface area contributed by atoms with E-state index in [-0.39, 0.29) is 6.79 Å². The molecule has 0 radical (unpaired) electrons. The minimum Gasteiger partial charge on any atom is -0.418 e. The lowest BCUT2D eigenvalue weighted by Crippen LogP contribution is -2.35. The SMILES string of the molecule is CO[Si](C)(C)COCO. The zero-order valence-corrected chi connectivity index (χ0v) is 7.18. The Balaban J connectivity index is 3.33. The molecule has 0 aromatic rings. The van der Waals surface area contributed by atoms with Crippen molar-refractivity contribution in [2.45, 2.75) is 13.1 Å². The maximum Gasteiger partial charge on any atom is 0.211 e. The van der Waals surface area contributed by atoms with E-state index in [1.165, 1.54) is 0 Å². The topological polar surface area (TPSA) is 38.7 Å². The van der Waals surface area contributed by atoms with E-state index in [0.29, 0.717) is 6.23 Å². The summed E-state index contributed by atoms with van der Waals surface area (Å²) in [4.78, 5) is 0. The minimum absolute atomic E-state index is 0.209. The van der Waals surface area contributed by atoms with Crippen molar-refractivity contribution in [1.82, 2.24) is 0 Å². The molecule has 0 saturated carbocycles. The predicted molar refractivity (Wildman–Crippen MR) is 37.5 cm³/mol. The zero-order valence-electron chi connectivity index (χ0n) is 6.18. The highest BCUT2D eigenvalue weighted by molar-refractivity contribution is 6.71. The largest absolute Gasteiger partial charge is 0.418 e. The highest BCUT2D eigenvalue weighted by Crippen LogP contribution is 2.01. The van der Waals surface area contributed by atoms with Gasteiger partial charge in [0, 0.05) is 7.11 Å². The van der Waals surface area contributed by atoms with Gasteiger partial charge < -0.3 is 14.3 Å². The lowest BCUT2D eigenvalue weighted by atomic mass is 11.4. The molecular formula is C5H14O3Si. The van der Waals surface area contributed by atoms with Crippen molar-refractivity contribution >= 4 is 8.32 Å². The van der Waals surface area contributed by atoms with Crippen LogP contribution in [0.15, 0.2) is 0 Å². The van der Waals surface area contributed by atoms with E-state index in [0.717, 1.165) is 0 Å². The van der Waals surface area contributed by atoms with Gasteiger partial charge in [-0.2, -0.15) is 0 Å². The van der Waals surface area contributed by atoms with E-state index in [2.05, 4.69) is 0 Å². The summed E-state index contributed by atoms with van der Waals surface area (Å²) in [7, 11) is 0.0931. The molecule has 0 fully saturated rings. The lowest BCUT2D eigenvalue weighted by molar-refractivity contribution is 0.0145. The van der Waals surface area contributed by atoms with Crippen molar-refractivity contribution in [3.63, 3.8) is 0 Å². The molecule has 0 aliphatic rings. The monoisotopic (exact) mass is 150 g/mol. The Morgan fingerprint density at radius 1 is 1.44 bits per heavy atom. The summed E-state index contributed by atoms with van der Waals surface area (Å²) >= 11 is 0. The minimum atomic E-state index is -1.58. The molecule has 0 amide bonds. The van der Waals surface area contributed by atoms with E-state index in [1.54, 1.807) is 7.11 Å². The van der Waals surface area contributed by atoms with Crippen LogP contribution >= 0.6 is 0 Å². The Bertz CT molecular complexity index is 74.6. The molecular weight excluding hydrogens is 136 g/mol. The summed E-state index contributed by atoms with van der Waals surface area (Å²) in [6, 6.07) is 0. The van der Waals surface area contributed by atoms with Crippen LogP contribution in [0.3, 0.4) is 0 Å². The molecule has 4 heteroatoms. The van der Waals surface area contributed by atoms with Crippen molar-refractivity contribution in [2.75, 3.05) is 20.1 Å². The van der Waals surface area contributed by atoms with Crippen molar-refractivity contribution < 1.29 is 14.3 Å². The van der Waals surface area contributed by atoms with E-state index in [1.807, 2.05) is 13.1 Å². The van der Waals surface area contributed by atoms with Gasteiger partial charge in [0.15, 0.2) is 0 Å². The van der Waals surface area contributed by atoms with Crippen LogP contribution in [0.1, 0.15) is 0 Å². The average Bonchev–Trinajstić information content (AvgIpc) is 1.84. The third-order valence-corrected chi connectivity index (χ3v) is 3.10. The summed E-state index contributed by atoms with van der Waals surface area (Å²) in [6.45, 7) is 3.85. The molecule has 0 saturated heterocycles. The van der Waals surface area contributed by atoms with Gasteiger partial charge in [0.25, 0.3) is 0 Å². The first-order valence-corrected chi connectivity index (χ1v) is 5.97. The number of aliphatic hydroxyl groups is 1. The Kier molecular flexibility index (Phi) is 4.04. The summed E-state index contributed by atoms with van der Waals surface area (Å²) < 4.78 is 9.92. The van der Waals surface area contributed by atoms with Crippen LogP contribution in [0.5, 0.6) is 0 Å². The maximum absolute atomic E-state index is 8.27. The highest BCUT2D eigenvalue weighted by atomic mass is 28.4. The summed E-state index contributed by atoms with van der Waals surface area (Å²) in [6.07, 6.45) is 0.556. The van der Waals surface area contributed by atoms with Crippen LogP contribution in [-0.4, -0.2) is 33.6 Å². The molecule has 0 rings (SSSR count). The van der Waals surface area contributed by atoms with Crippen LogP contribution in [0, 0.1) is 0 Å².